The molecule has 0 aliphatic carbocycles. The van der Waals surface area contributed by atoms with Gasteiger partial charge in [0.05, 0.1) is 16.8 Å². The van der Waals surface area contributed by atoms with Crippen LogP contribution >= 0.6 is 0 Å². The maximum absolute atomic E-state index is 12.1. The third-order valence-corrected chi connectivity index (χ3v) is 3.15. The van der Waals surface area contributed by atoms with Crippen LogP contribution in [0.25, 0.3) is 0 Å². The van der Waals surface area contributed by atoms with Gasteiger partial charge in [-0.1, -0.05) is 12.1 Å². The molecule has 0 saturated carbocycles. The predicted octanol–water partition coefficient (Wildman–Crippen LogP) is 1.53. The Bertz CT molecular complexity index is 783. The molecule has 0 unspecified atom stereocenters. The van der Waals surface area contributed by atoms with Crippen LogP contribution < -0.4 is 10.6 Å². The molecule has 0 atom stereocenters. The SMILES string of the molecule is O=C(Nc1ccccc1O)c1ccc2c(c1)C(=O)NC2=O. The maximum Gasteiger partial charge on any atom is 0.258 e. The number of fused-ring (bicyclic) bond motifs is 1. The van der Waals surface area contributed by atoms with Gasteiger partial charge in [-0.25, -0.2) is 0 Å². The number of imide groups is 1. The number of anilines is 1. The maximum atomic E-state index is 12.1. The first-order valence-corrected chi connectivity index (χ1v) is 6.15. The van der Waals surface area contributed by atoms with Crippen molar-refractivity contribution in [1.82, 2.24) is 5.32 Å². The lowest BCUT2D eigenvalue weighted by Gasteiger charge is -2.07. The molecule has 3 N–H and O–H groups in total. The van der Waals surface area contributed by atoms with Gasteiger partial charge in [-0.2, -0.15) is 0 Å². The molecule has 1 aliphatic rings. The molecule has 3 amide bonds. The van der Waals surface area contributed by atoms with E-state index in [9.17, 15) is 19.5 Å². The zero-order valence-electron chi connectivity index (χ0n) is 10.7. The summed E-state index contributed by atoms with van der Waals surface area (Å²) in [6, 6.07) is 10.5. The van der Waals surface area contributed by atoms with Crippen molar-refractivity contribution in [3.05, 3.63) is 59.2 Å². The summed E-state index contributed by atoms with van der Waals surface area (Å²) in [6.07, 6.45) is 0. The summed E-state index contributed by atoms with van der Waals surface area (Å²) in [6.45, 7) is 0. The van der Waals surface area contributed by atoms with Gasteiger partial charge < -0.3 is 10.4 Å². The molecule has 2 aromatic rings. The zero-order valence-corrected chi connectivity index (χ0v) is 10.7. The predicted molar refractivity (Wildman–Crippen MR) is 74.3 cm³/mol. The van der Waals surface area contributed by atoms with E-state index >= 15 is 0 Å². The molecule has 1 heterocycles. The fourth-order valence-electron chi connectivity index (χ4n) is 2.08. The van der Waals surface area contributed by atoms with Crippen LogP contribution in [-0.2, 0) is 0 Å². The Hall–Kier alpha value is -3.15. The van der Waals surface area contributed by atoms with Crippen LogP contribution in [0.1, 0.15) is 31.1 Å². The van der Waals surface area contributed by atoms with E-state index in [0.29, 0.717) is 0 Å². The van der Waals surface area contributed by atoms with E-state index < -0.39 is 17.7 Å². The molecule has 6 nitrogen and oxygen atoms in total. The van der Waals surface area contributed by atoms with Gasteiger partial charge in [0.1, 0.15) is 5.75 Å². The van der Waals surface area contributed by atoms with E-state index in [1.165, 1.54) is 24.3 Å². The lowest BCUT2D eigenvalue weighted by atomic mass is 10.1. The highest BCUT2D eigenvalue weighted by Crippen LogP contribution is 2.23. The van der Waals surface area contributed by atoms with Gasteiger partial charge in [-0.05, 0) is 30.3 Å². The number of amides is 3. The average molecular weight is 282 g/mol. The van der Waals surface area contributed by atoms with Crippen LogP contribution in [0, 0.1) is 0 Å². The van der Waals surface area contributed by atoms with Gasteiger partial charge in [-0.15, -0.1) is 0 Å². The highest BCUT2D eigenvalue weighted by atomic mass is 16.3. The molecule has 0 bridgehead atoms. The lowest BCUT2D eigenvalue weighted by Crippen LogP contribution is -2.19. The molecule has 0 saturated heterocycles. The van der Waals surface area contributed by atoms with Crippen molar-refractivity contribution in [1.29, 1.82) is 0 Å². The molecule has 0 aromatic heterocycles. The van der Waals surface area contributed by atoms with E-state index in [0.717, 1.165) is 0 Å². The molecule has 1 aliphatic heterocycles. The number of carbonyl (C=O) groups is 3. The van der Waals surface area contributed by atoms with Crippen molar-refractivity contribution in [3.63, 3.8) is 0 Å². The Morgan fingerprint density at radius 1 is 1.00 bits per heavy atom. The fourth-order valence-corrected chi connectivity index (χ4v) is 2.08. The van der Waals surface area contributed by atoms with Crippen LogP contribution in [0.3, 0.4) is 0 Å². The highest BCUT2D eigenvalue weighted by Gasteiger charge is 2.27. The molecule has 0 radical (unpaired) electrons. The van der Waals surface area contributed by atoms with Gasteiger partial charge in [0, 0.05) is 5.56 Å². The van der Waals surface area contributed by atoms with Gasteiger partial charge >= 0.3 is 0 Å². The minimum atomic E-state index is -0.521. The number of hydrogen-bond acceptors (Lipinski definition) is 4. The summed E-state index contributed by atoms with van der Waals surface area (Å²) in [4.78, 5) is 35.1. The second-order valence-corrected chi connectivity index (χ2v) is 4.51. The first kappa shape index (κ1) is 12.9. The normalized spacial score (nSPS) is 12.8. The van der Waals surface area contributed by atoms with Crippen LogP contribution in [0.15, 0.2) is 42.5 Å². The molecule has 3 rings (SSSR count). The average Bonchev–Trinajstić information content (AvgIpc) is 2.76. The van der Waals surface area contributed by atoms with Crippen molar-refractivity contribution in [2.45, 2.75) is 0 Å². The van der Waals surface area contributed by atoms with Crippen LogP contribution in [0.4, 0.5) is 5.69 Å². The number of rotatable bonds is 2. The minimum absolute atomic E-state index is 0.0556. The van der Waals surface area contributed by atoms with Crippen molar-refractivity contribution >= 4 is 23.4 Å². The van der Waals surface area contributed by atoms with Crippen molar-refractivity contribution in [2.75, 3.05) is 5.32 Å². The van der Waals surface area contributed by atoms with Crippen molar-refractivity contribution < 1.29 is 19.5 Å². The van der Waals surface area contributed by atoms with Crippen molar-refractivity contribution in [2.24, 2.45) is 0 Å². The standard InChI is InChI=1S/C15H10N2O4/c18-12-4-2-1-3-11(12)16-13(19)8-5-6-9-10(7-8)15(21)17-14(9)20/h1-7,18H,(H,16,19)(H,17,20,21). The number of phenols is 1. The quantitative estimate of drug-likeness (QED) is 0.575. The van der Waals surface area contributed by atoms with Crippen molar-refractivity contribution in [3.8, 4) is 5.75 Å². The molecule has 21 heavy (non-hydrogen) atoms. The van der Waals surface area contributed by atoms with Crippen LogP contribution in [0.2, 0.25) is 0 Å². The number of hydrogen-bond donors (Lipinski definition) is 3. The number of carbonyl (C=O) groups excluding carboxylic acids is 3. The van der Waals surface area contributed by atoms with Gasteiger partial charge in [0.2, 0.25) is 0 Å². The highest BCUT2D eigenvalue weighted by molar-refractivity contribution is 6.22. The Labute approximate surface area is 119 Å². The Morgan fingerprint density at radius 3 is 2.48 bits per heavy atom. The fraction of sp³-hybridized carbons (Fsp3) is 0. The Balaban J connectivity index is 1.90. The lowest BCUT2D eigenvalue weighted by molar-refractivity contribution is 0.0879. The third-order valence-electron chi connectivity index (χ3n) is 3.15. The summed E-state index contributed by atoms with van der Waals surface area (Å²) in [5.41, 5.74) is 0.912. The van der Waals surface area contributed by atoms with Gasteiger partial charge in [-0.3, -0.25) is 19.7 Å². The second kappa shape index (κ2) is 4.75. The van der Waals surface area contributed by atoms with E-state index in [2.05, 4.69) is 10.6 Å². The van der Waals surface area contributed by atoms with Crippen LogP contribution in [0.5, 0.6) is 5.75 Å². The molecule has 2 aromatic carbocycles. The first-order chi connectivity index (χ1) is 10.1. The van der Waals surface area contributed by atoms with E-state index in [-0.39, 0.29) is 28.1 Å². The van der Waals surface area contributed by atoms with E-state index in [4.69, 9.17) is 0 Å². The molecule has 104 valence electrons. The molecular formula is C15H10N2O4. The summed E-state index contributed by atoms with van der Waals surface area (Å²) in [5, 5.41) is 14.3. The smallest absolute Gasteiger partial charge is 0.258 e. The summed E-state index contributed by atoms with van der Waals surface area (Å²) in [5.74, 6) is -1.53. The Kier molecular flexibility index (Phi) is 2.91. The molecule has 6 heteroatoms. The Morgan fingerprint density at radius 2 is 1.71 bits per heavy atom. The number of nitrogens with one attached hydrogen (secondary N) is 2. The minimum Gasteiger partial charge on any atom is -0.506 e. The van der Waals surface area contributed by atoms with Crippen LogP contribution in [-0.4, -0.2) is 22.8 Å². The first-order valence-electron chi connectivity index (χ1n) is 6.15. The summed E-state index contributed by atoms with van der Waals surface area (Å²) < 4.78 is 0. The number of para-hydroxylation sites is 2. The van der Waals surface area contributed by atoms with Gasteiger partial charge in [0.15, 0.2) is 0 Å². The topological polar surface area (TPSA) is 95.5 Å². The second-order valence-electron chi connectivity index (χ2n) is 4.51. The number of benzene rings is 2. The van der Waals surface area contributed by atoms with E-state index in [1.54, 1.807) is 18.2 Å². The largest absolute Gasteiger partial charge is 0.506 e. The molecular weight excluding hydrogens is 272 g/mol. The summed E-state index contributed by atoms with van der Waals surface area (Å²) >= 11 is 0. The monoisotopic (exact) mass is 282 g/mol. The zero-order chi connectivity index (χ0) is 15.0. The number of aromatic hydroxyl groups is 1. The molecule has 0 fully saturated rings. The summed E-state index contributed by atoms with van der Waals surface area (Å²) in [7, 11) is 0. The molecule has 0 spiro atoms. The van der Waals surface area contributed by atoms with Gasteiger partial charge in [0.25, 0.3) is 17.7 Å². The number of phenolic OH excluding ortho intramolecular Hbond substituents is 1. The third kappa shape index (κ3) is 2.23. The van der Waals surface area contributed by atoms with E-state index in [1.807, 2.05) is 0 Å².